The lowest BCUT2D eigenvalue weighted by Gasteiger charge is -2.06. The summed E-state index contributed by atoms with van der Waals surface area (Å²) in [6.07, 6.45) is 2.87. The quantitative estimate of drug-likeness (QED) is 0.341. The molecule has 0 saturated carbocycles. The van der Waals surface area contributed by atoms with Crippen molar-refractivity contribution in [2.24, 2.45) is 0 Å². The number of hydrogen-bond acceptors (Lipinski definition) is 5. The molecule has 0 spiro atoms. The summed E-state index contributed by atoms with van der Waals surface area (Å²) in [5.41, 5.74) is -0.0590. The summed E-state index contributed by atoms with van der Waals surface area (Å²) in [7, 11) is 1.66. The largest absolute Gasteiger partial charge is 0.385 e. The Balaban J connectivity index is 2.45. The summed E-state index contributed by atoms with van der Waals surface area (Å²) in [5, 5.41) is 13.9. The van der Waals surface area contributed by atoms with Crippen molar-refractivity contribution >= 4 is 23.1 Å². The number of nitro groups is 1. The molecule has 0 aliphatic rings. The van der Waals surface area contributed by atoms with E-state index in [1.165, 1.54) is 12.1 Å². The number of nitrogens with zero attached hydrogens (tertiary/aromatic N) is 2. The van der Waals surface area contributed by atoms with Crippen LogP contribution in [0.15, 0.2) is 12.1 Å². The third-order valence-electron chi connectivity index (χ3n) is 2.35. The molecule has 0 amide bonds. The van der Waals surface area contributed by atoms with Crippen LogP contribution < -0.4 is 5.32 Å². The van der Waals surface area contributed by atoms with Crippen LogP contribution in [0.5, 0.6) is 0 Å². The van der Waals surface area contributed by atoms with Crippen LogP contribution in [0.4, 0.5) is 11.5 Å². The number of nitrogens with one attached hydrogen (secondary N) is 1. The summed E-state index contributed by atoms with van der Waals surface area (Å²) in [4.78, 5) is 14.2. The van der Waals surface area contributed by atoms with Crippen LogP contribution in [-0.4, -0.2) is 30.2 Å². The van der Waals surface area contributed by atoms with Crippen molar-refractivity contribution < 1.29 is 9.66 Å². The number of unbranched alkanes of at least 4 members (excludes halogenated alkanes) is 2. The zero-order valence-corrected chi connectivity index (χ0v) is 10.9. The summed E-state index contributed by atoms with van der Waals surface area (Å²) in [5.74, 6) is 0.222. The van der Waals surface area contributed by atoms with Gasteiger partial charge in [-0.3, -0.25) is 10.1 Å². The molecule has 0 fully saturated rings. The Morgan fingerprint density at radius 3 is 2.89 bits per heavy atom. The van der Waals surface area contributed by atoms with E-state index in [-0.39, 0.29) is 16.7 Å². The zero-order valence-electron chi connectivity index (χ0n) is 10.2. The maximum atomic E-state index is 10.8. The minimum atomic E-state index is -0.476. The molecule has 0 aromatic carbocycles. The minimum Gasteiger partial charge on any atom is -0.385 e. The predicted molar refractivity (Wildman–Crippen MR) is 70.1 cm³/mol. The first-order chi connectivity index (χ1) is 8.65. The lowest BCUT2D eigenvalue weighted by atomic mass is 10.2. The zero-order chi connectivity index (χ0) is 13.4. The highest BCUT2D eigenvalue weighted by molar-refractivity contribution is 6.29. The normalized spacial score (nSPS) is 10.3. The van der Waals surface area contributed by atoms with E-state index in [0.29, 0.717) is 6.54 Å². The predicted octanol–water partition coefficient (Wildman–Crippen LogP) is 2.87. The molecule has 0 radical (unpaired) electrons. The maximum Gasteiger partial charge on any atom is 0.311 e. The van der Waals surface area contributed by atoms with Gasteiger partial charge in [-0.1, -0.05) is 11.6 Å². The number of methoxy groups -OCH3 is 1. The monoisotopic (exact) mass is 273 g/mol. The van der Waals surface area contributed by atoms with E-state index in [0.717, 1.165) is 25.9 Å². The van der Waals surface area contributed by atoms with Crippen LogP contribution in [0.3, 0.4) is 0 Å². The van der Waals surface area contributed by atoms with Crippen molar-refractivity contribution in [3.8, 4) is 0 Å². The van der Waals surface area contributed by atoms with Crippen molar-refractivity contribution in [3.63, 3.8) is 0 Å². The van der Waals surface area contributed by atoms with Gasteiger partial charge in [0, 0.05) is 26.3 Å². The Kier molecular flexibility index (Phi) is 6.38. The van der Waals surface area contributed by atoms with Gasteiger partial charge in [0.1, 0.15) is 5.15 Å². The van der Waals surface area contributed by atoms with E-state index >= 15 is 0 Å². The molecule has 0 aliphatic heterocycles. The van der Waals surface area contributed by atoms with E-state index < -0.39 is 4.92 Å². The topological polar surface area (TPSA) is 77.3 Å². The first-order valence-electron chi connectivity index (χ1n) is 5.69. The second-order valence-corrected chi connectivity index (χ2v) is 4.13. The molecule has 0 atom stereocenters. The van der Waals surface area contributed by atoms with E-state index in [1.54, 1.807) is 7.11 Å². The average molecular weight is 274 g/mol. The number of pyridine rings is 1. The molecule has 0 unspecified atom stereocenters. The second kappa shape index (κ2) is 7.84. The Hall–Kier alpha value is -1.40. The van der Waals surface area contributed by atoms with Gasteiger partial charge in [0.25, 0.3) is 0 Å². The van der Waals surface area contributed by atoms with Crippen molar-refractivity contribution in [3.05, 3.63) is 27.4 Å². The number of ether oxygens (including phenoxy) is 1. The van der Waals surface area contributed by atoms with Gasteiger partial charge in [-0.15, -0.1) is 0 Å². The molecule has 1 aromatic heterocycles. The molecule has 7 heteroatoms. The molecule has 0 bridgehead atoms. The Bertz CT molecular complexity index is 401. The average Bonchev–Trinajstić information content (AvgIpc) is 2.33. The first kappa shape index (κ1) is 14.7. The Morgan fingerprint density at radius 1 is 1.44 bits per heavy atom. The van der Waals surface area contributed by atoms with Gasteiger partial charge in [0.15, 0.2) is 0 Å². The summed E-state index contributed by atoms with van der Waals surface area (Å²) < 4.78 is 4.93. The smallest absolute Gasteiger partial charge is 0.311 e. The molecule has 100 valence electrons. The molecule has 0 aliphatic carbocycles. The number of aromatic nitrogens is 1. The highest BCUT2D eigenvalue weighted by Gasteiger charge is 2.14. The van der Waals surface area contributed by atoms with Gasteiger partial charge in [-0.2, -0.15) is 0 Å². The third-order valence-corrected chi connectivity index (χ3v) is 2.56. The van der Waals surface area contributed by atoms with E-state index in [2.05, 4.69) is 10.3 Å². The van der Waals surface area contributed by atoms with Gasteiger partial charge >= 0.3 is 5.69 Å². The van der Waals surface area contributed by atoms with E-state index in [1.807, 2.05) is 0 Å². The Morgan fingerprint density at radius 2 is 2.22 bits per heavy atom. The summed E-state index contributed by atoms with van der Waals surface area (Å²) >= 11 is 5.71. The standard InChI is InChI=1S/C11H16ClN3O3/c1-18-8-4-2-3-7-13-11-9(15(16)17)5-6-10(12)14-11/h5-6H,2-4,7-8H2,1H3,(H,13,14). The number of anilines is 1. The molecular weight excluding hydrogens is 258 g/mol. The van der Waals surface area contributed by atoms with Crippen LogP contribution >= 0.6 is 11.6 Å². The lowest BCUT2D eigenvalue weighted by molar-refractivity contribution is -0.384. The van der Waals surface area contributed by atoms with Crippen LogP contribution in [0.1, 0.15) is 19.3 Å². The van der Waals surface area contributed by atoms with Gasteiger partial charge in [-0.05, 0) is 25.3 Å². The molecule has 1 rings (SSSR count). The van der Waals surface area contributed by atoms with Crippen LogP contribution in [0, 0.1) is 10.1 Å². The molecule has 1 heterocycles. The fraction of sp³-hybridized carbons (Fsp3) is 0.545. The van der Waals surface area contributed by atoms with Gasteiger partial charge in [0.05, 0.1) is 4.92 Å². The number of halogens is 1. The SMILES string of the molecule is COCCCCCNc1nc(Cl)ccc1[N+](=O)[O-]. The summed E-state index contributed by atoms with van der Waals surface area (Å²) in [6.45, 7) is 1.35. The van der Waals surface area contributed by atoms with Crippen molar-refractivity contribution in [1.29, 1.82) is 0 Å². The molecule has 0 saturated heterocycles. The van der Waals surface area contributed by atoms with Crippen molar-refractivity contribution in [2.45, 2.75) is 19.3 Å². The highest BCUT2D eigenvalue weighted by atomic mass is 35.5. The minimum absolute atomic E-state index is 0.0590. The molecule has 6 nitrogen and oxygen atoms in total. The molecule has 1 aromatic rings. The first-order valence-corrected chi connectivity index (χ1v) is 6.06. The number of hydrogen-bond donors (Lipinski definition) is 1. The van der Waals surface area contributed by atoms with E-state index in [9.17, 15) is 10.1 Å². The van der Waals surface area contributed by atoms with Gasteiger partial charge in [0.2, 0.25) is 5.82 Å². The molecule has 18 heavy (non-hydrogen) atoms. The van der Waals surface area contributed by atoms with Crippen LogP contribution in [-0.2, 0) is 4.74 Å². The van der Waals surface area contributed by atoms with Crippen molar-refractivity contribution in [2.75, 3.05) is 25.6 Å². The lowest BCUT2D eigenvalue weighted by Crippen LogP contribution is -2.06. The van der Waals surface area contributed by atoms with E-state index in [4.69, 9.17) is 16.3 Å². The summed E-state index contributed by atoms with van der Waals surface area (Å²) in [6, 6.07) is 2.76. The fourth-order valence-electron chi connectivity index (χ4n) is 1.46. The molecule has 1 N–H and O–H groups in total. The van der Waals surface area contributed by atoms with Gasteiger partial charge in [-0.25, -0.2) is 4.98 Å². The van der Waals surface area contributed by atoms with Crippen LogP contribution in [0.25, 0.3) is 0 Å². The maximum absolute atomic E-state index is 10.8. The highest BCUT2D eigenvalue weighted by Crippen LogP contribution is 2.23. The second-order valence-electron chi connectivity index (χ2n) is 3.74. The van der Waals surface area contributed by atoms with Crippen molar-refractivity contribution in [1.82, 2.24) is 4.98 Å². The third kappa shape index (κ3) is 4.85. The van der Waals surface area contributed by atoms with Gasteiger partial charge < -0.3 is 10.1 Å². The van der Waals surface area contributed by atoms with Crippen LogP contribution in [0.2, 0.25) is 5.15 Å². The molecular formula is C11H16ClN3O3. The fourth-order valence-corrected chi connectivity index (χ4v) is 1.61. The number of rotatable bonds is 8. The Labute approximate surface area is 110 Å².